The lowest BCUT2D eigenvalue weighted by Gasteiger charge is -2.38. The van der Waals surface area contributed by atoms with Crippen molar-refractivity contribution < 1.29 is 9.90 Å². The molecule has 1 rings (SSSR count). The summed E-state index contributed by atoms with van der Waals surface area (Å²) in [7, 11) is 0. The van der Waals surface area contributed by atoms with Crippen LogP contribution >= 0.6 is 0 Å². The molecule has 0 radical (unpaired) electrons. The molecule has 1 N–H and O–H groups in total. The molecule has 1 aliphatic rings. The molecule has 1 fully saturated rings. The Balaban J connectivity index is 2.41. The van der Waals surface area contributed by atoms with Crippen LogP contribution in [-0.2, 0) is 4.79 Å². The molecular weight excluding hydrogens is 228 g/mol. The van der Waals surface area contributed by atoms with Crippen molar-refractivity contribution in [3.8, 4) is 0 Å². The van der Waals surface area contributed by atoms with Gasteiger partial charge in [0.05, 0.1) is 5.41 Å². The quantitative estimate of drug-likeness (QED) is 0.786. The maximum absolute atomic E-state index is 11.3. The van der Waals surface area contributed by atoms with Gasteiger partial charge in [-0.2, -0.15) is 0 Å². The molecule has 0 aliphatic carbocycles. The second-order valence-corrected chi connectivity index (χ2v) is 6.19. The summed E-state index contributed by atoms with van der Waals surface area (Å²) in [5.74, 6) is 0.0334. The van der Waals surface area contributed by atoms with Crippen molar-refractivity contribution in [2.75, 3.05) is 39.3 Å². The number of piperazine rings is 1. The first-order valence-electron chi connectivity index (χ1n) is 7.05. The Labute approximate surface area is 111 Å². The number of rotatable bonds is 6. The van der Waals surface area contributed by atoms with Crippen LogP contribution in [-0.4, -0.2) is 60.1 Å². The van der Waals surface area contributed by atoms with Gasteiger partial charge in [0.15, 0.2) is 0 Å². The van der Waals surface area contributed by atoms with E-state index in [0.717, 1.165) is 32.7 Å². The minimum atomic E-state index is -0.672. The van der Waals surface area contributed by atoms with E-state index >= 15 is 0 Å². The maximum atomic E-state index is 11.3. The summed E-state index contributed by atoms with van der Waals surface area (Å²) in [5.41, 5.74) is -0.597. The van der Waals surface area contributed by atoms with Crippen molar-refractivity contribution in [2.24, 2.45) is 11.3 Å². The standard InChI is InChI=1S/C14H28N2O2/c1-5-14(4,13(17)18)11-16-8-6-15(7-9-16)10-12(2)3/h12H,5-11H2,1-4H3,(H,17,18). The van der Waals surface area contributed by atoms with E-state index in [1.54, 1.807) is 0 Å². The number of carbonyl (C=O) groups is 1. The summed E-state index contributed by atoms with van der Waals surface area (Å²) in [6.45, 7) is 14.3. The number of hydrogen-bond donors (Lipinski definition) is 1. The number of carboxylic acids is 1. The molecule has 0 aromatic heterocycles. The fourth-order valence-electron chi connectivity index (χ4n) is 2.47. The Morgan fingerprint density at radius 2 is 1.72 bits per heavy atom. The van der Waals surface area contributed by atoms with E-state index in [9.17, 15) is 9.90 Å². The van der Waals surface area contributed by atoms with Crippen molar-refractivity contribution in [3.63, 3.8) is 0 Å². The van der Waals surface area contributed by atoms with E-state index in [2.05, 4.69) is 23.6 Å². The van der Waals surface area contributed by atoms with Gasteiger partial charge in [0.25, 0.3) is 0 Å². The van der Waals surface area contributed by atoms with Gasteiger partial charge in [-0.25, -0.2) is 0 Å². The largest absolute Gasteiger partial charge is 0.481 e. The third-order valence-electron chi connectivity index (χ3n) is 3.96. The van der Waals surface area contributed by atoms with Crippen LogP contribution < -0.4 is 0 Å². The van der Waals surface area contributed by atoms with Crippen LogP contribution in [0.15, 0.2) is 0 Å². The predicted octanol–water partition coefficient (Wildman–Crippen LogP) is 1.76. The maximum Gasteiger partial charge on any atom is 0.310 e. The van der Waals surface area contributed by atoms with E-state index in [0.29, 0.717) is 18.9 Å². The highest BCUT2D eigenvalue weighted by Gasteiger charge is 2.34. The molecule has 4 heteroatoms. The molecule has 0 amide bonds. The lowest BCUT2D eigenvalue weighted by molar-refractivity contribution is -0.149. The second kappa shape index (κ2) is 6.53. The van der Waals surface area contributed by atoms with Crippen molar-refractivity contribution >= 4 is 5.97 Å². The molecule has 1 atom stereocenters. The van der Waals surface area contributed by atoms with Gasteiger partial charge in [-0.3, -0.25) is 9.69 Å². The zero-order valence-corrected chi connectivity index (χ0v) is 12.3. The SMILES string of the molecule is CCC(C)(CN1CCN(CC(C)C)CC1)C(=O)O. The summed E-state index contributed by atoms with van der Waals surface area (Å²) in [6.07, 6.45) is 0.689. The summed E-state index contributed by atoms with van der Waals surface area (Å²) < 4.78 is 0. The van der Waals surface area contributed by atoms with Crippen LogP contribution in [0.2, 0.25) is 0 Å². The number of carboxylic acid groups (broad SMARTS) is 1. The molecule has 0 aromatic carbocycles. The zero-order valence-electron chi connectivity index (χ0n) is 12.3. The molecule has 0 saturated carbocycles. The van der Waals surface area contributed by atoms with Gasteiger partial charge in [0.1, 0.15) is 0 Å². The fourth-order valence-corrected chi connectivity index (χ4v) is 2.47. The monoisotopic (exact) mass is 256 g/mol. The van der Waals surface area contributed by atoms with Crippen LogP contribution in [0.3, 0.4) is 0 Å². The van der Waals surface area contributed by atoms with Crippen molar-refractivity contribution in [2.45, 2.75) is 34.1 Å². The molecule has 0 spiro atoms. The second-order valence-electron chi connectivity index (χ2n) is 6.19. The van der Waals surface area contributed by atoms with E-state index in [4.69, 9.17) is 0 Å². The molecule has 0 aromatic rings. The van der Waals surface area contributed by atoms with Gasteiger partial charge in [-0.15, -0.1) is 0 Å². The summed E-state index contributed by atoms with van der Waals surface area (Å²) in [6, 6.07) is 0. The topological polar surface area (TPSA) is 43.8 Å². The summed E-state index contributed by atoms with van der Waals surface area (Å²) >= 11 is 0. The molecular formula is C14H28N2O2. The number of aliphatic carboxylic acids is 1. The predicted molar refractivity (Wildman–Crippen MR) is 73.8 cm³/mol. The average molecular weight is 256 g/mol. The van der Waals surface area contributed by atoms with Crippen molar-refractivity contribution in [3.05, 3.63) is 0 Å². The highest BCUT2D eigenvalue weighted by atomic mass is 16.4. The van der Waals surface area contributed by atoms with Gasteiger partial charge in [0, 0.05) is 39.3 Å². The third-order valence-corrected chi connectivity index (χ3v) is 3.96. The first kappa shape index (κ1) is 15.4. The molecule has 1 aliphatic heterocycles. The molecule has 1 heterocycles. The molecule has 106 valence electrons. The van der Waals surface area contributed by atoms with Crippen LogP contribution in [0.1, 0.15) is 34.1 Å². The molecule has 1 saturated heterocycles. The van der Waals surface area contributed by atoms with Crippen LogP contribution in [0.25, 0.3) is 0 Å². The summed E-state index contributed by atoms with van der Waals surface area (Å²) in [4.78, 5) is 16.1. The van der Waals surface area contributed by atoms with Gasteiger partial charge in [-0.1, -0.05) is 20.8 Å². The Morgan fingerprint density at radius 3 is 2.11 bits per heavy atom. The van der Waals surface area contributed by atoms with Crippen molar-refractivity contribution in [1.29, 1.82) is 0 Å². The number of hydrogen-bond acceptors (Lipinski definition) is 3. The van der Waals surface area contributed by atoms with Gasteiger partial charge in [0.2, 0.25) is 0 Å². The van der Waals surface area contributed by atoms with Gasteiger partial charge >= 0.3 is 5.97 Å². The highest BCUT2D eigenvalue weighted by molar-refractivity contribution is 5.74. The Hall–Kier alpha value is -0.610. The highest BCUT2D eigenvalue weighted by Crippen LogP contribution is 2.23. The first-order chi connectivity index (χ1) is 8.37. The Bertz CT molecular complexity index is 273. The average Bonchev–Trinajstić information content (AvgIpc) is 2.30. The minimum Gasteiger partial charge on any atom is -0.481 e. The third kappa shape index (κ3) is 4.25. The lowest BCUT2D eigenvalue weighted by Crippen LogP contribution is -2.51. The first-order valence-corrected chi connectivity index (χ1v) is 7.05. The van der Waals surface area contributed by atoms with Gasteiger partial charge in [-0.05, 0) is 19.3 Å². The molecule has 1 unspecified atom stereocenters. The number of nitrogens with zero attached hydrogens (tertiary/aromatic N) is 2. The normalized spacial score (nSPS) is 22.1. The Kier molecular flexibility index (Phi) is 5.60. The van der Waals surface area contributed by atoms with Crippen LogP contribution in [0.4, 0.5) is 0 Å². The fraction of sp³-hybridized carbons (Fsp3) is 0.929. The van der Waals surface area contributed by atoms with E-state index in [1.807, 2.05) is 13.8 Å². The van der Waals surface area contributed by atoms with Crippen LogP contribution in [0.5, 0.6) is 0 Å². The van der Waals surface area contributed by atoms with E-state index in [1.165, 1.54) is 0 Å². The zero-order chi connectivity index (χ0) is 13.8. The van der Waals surface area contributed by atoms with Crippen molar-refractivity contribution in [1.82, 2.24) is 9.80 Å². The smallest absolute Gasteiger partial charge is 0.310 e. The molecule has 4 nitrogen and oxygen atoms in total. The van der Waals surface area contributed by atoms with Crippen LogP contribution in [0, 0.1) is 11.3 Å². The molecule has 0 bridgehead atoms. The lowest BCUT2D eigenvalue weighted by atomic mass is 9.87. The summed E-state index contributed by atoms with van der Waals surface area (Å²) in [5, 5.41) is 9.30. The van der Waals surface area contributed by atoms with E-state index in [-0.39, 0.29) is 0 Å². The van der Waals surface area contributed by atoms with E-state index < -0.39 is 11.4 Å². The Morgan fingerprint density at radius 1 is 1.22 bits per heavy atom. The van der Waals surface area contributed by atoms with Gasteiger partial charge < -0.3 is 10.0 Å². The molecule has 18 heavy (non-hydrogen) atoms. The minimum absolute atomic E-state index is 0.597.